The predicted molar refractivity (Wildman–Crippen MR) is 61.4 cm³/mol. The van der Waals surface area contributed by atoms with Crippen molar-refractivity contribution in [2.75, 3.05) is 7.11 Å². The molecule has 0 saturated heterocycles. The molecule has 1 aliphatic rings. The van der Waals surface area contributed by atoms with Gasteiger partial charge >= 0.3 is 5.97 Å². The van der Waals surface area contributed by atoms with Gasteiger partial charge in [-0.3, -0.25) is 4.79 Å². The zero-order valence-electron chi connectivity index (χ0n) is 10.3. The van der Waals surface area contributed by atoms with Crippen LogP contribution in [0.25, 0.3) is 0 Å². The Labute approximate surface area is 92.7 Å². The van der Waals surface area contributed by atoms with Crippen LogP contribution in [0, 0.1) is 17.3 Å². The standard InChI is InChI=1S/C13H22O2/c1-9-6-7-10(13(2,3)4)8-11(9)12(14)15-5/h10-11H,1,6-8H2,2-5H3/t10-,11+/m1/s1. The molecule has 0 heterocycles. The van der Waals surface area contributed by atoms with Crippen molar-refractivity contribution < 1.29 is 9.53 Å². The molecule has 15 heavy (non-hydrogen) atoms. The Hall–Kier alpha value is -0.790. The highest BCUT2D eigenvalue weighted by Crippen LogP contribution is 2.42. The second-order valence-corrected chi connectivity index (χ2v) is 5.57. The van der Waals surface area contributed by atoms with Crippen LogP contribution in [0.5, 0.6) is 0 Å². The summed E-state index contributed by atoms with van der Waals surface area (Å²) in [6.07, 6.45) is 3.01. The van der Waals surface area contributed by atoms with Crippen LogP contribution in [-0.4, -0.2) is 13.1 Å². The Morgan fingerprint density at radius 3 is 2.53 bits per heavy atom. The third-order valence-electron chi connectivity index (χ3n) is 3.54. The molecule has 0 radical (unpaired) electrons. The maximum atomic E-state index is 11.6. The maximum Gasteiger partial charge on any atom is 0.312 e. The molecule has 1 fully saturated rings. The summed E-state index contributed by atoms with van der Waals surface area (Å²) in [6, 6.07) is 0. The molecule has 1 aliphatic carbocycles. The van der Waals surface area contributed by atoms with Crippen LogP contribution >= 0.6 is 0 Å². The zero-order chi connectivity index (χ0) is 11.6. The van der Waals surface area contributed by atoms with Gasteiger partial charge < -0.3 is 4.74 Å². The number of methoxy groups -OCH3 is 1. The Bertz CT molecular complexity index is 252. The molecule has 2 atom stereocenters. The lowest BCUT2D eigenvalue weighted by atomic mass is 9.68. The van der Waals surface area contributed by atoms with Gasteiger partial charge in [0.15, 0.2) is 0 Å². The van der Waals surface area contributed by atoms with Crippen LogP contribution in [0.1, 0.15) is 40.0 Å². The minimum atomic E-state index is -0.117. The summed E-state index contributed by atoms with van der Waals surface area (Å²) in [5.74, 6) is 0.397. The number of esters is 1. The van der Waals surface area contributed by atoms with E-state index in [1.165, 1.54) is 7.11 Å². The Morgan fingerprint density at radius 1 is 1.47 bits per heavy atom. The van der Waals surface area contributed by atoms with Gasteiger partial charge in [0.2, 0.25) is 0 Å². The number of carbonyl (C=O) groups excluding carboxylic acids is 1. The minimum Gasteiger partial charge on any atom is -0.469 e. The van der Waals surface area contributed by atoms with E-state index in [1.807, 2.05) is 0 Å². The normalized spacial score (nSPS) is 27.6. The number of rotatable bonds is 1. The third kappa shape index (κ3) is 2.83. The minimum absolute atomic E-state index is 0.0759. The van der Waals surface area contributed by atoms with Gasteiger partial charge in [-0.25, -0.2) is 0 Å². The van der Waals surface area contributed by atoms with Crippen LogP contribution in [0.4, 0.5) is 0 Å². The van der Waals surface area contributed by atoms with Gasteiger partial charge in [0.05, 0.1) is 13.0 Å². The monoisotopic (exact) mass is 210 g/mol. The molecular weight excluding hydrogens is 188 g/mol. The Morgan fingerprint density at radius 2 is 2.07 bits per heavy atom. The van der Waals surface area contributed by atoms with Gasteiger partial charge in [-0.1, -0.05) is 32.9 Å². The van der Waals surface area contributed by atoms with Gasteiger partial charge in [-0.15, -0.1) is 0 Å². The third-order valence-corrected chi connectivity index (χ3v) is 3.54. The first-order chi connectivity index (χ1) is 6.86. The van der Waals surface area contributed by atoms with E-state index in [0.717, 1.165) is 24.8 Å². The topological polar surface area (TPSA) is 26.3 Å². The van der Waals surface area contributed by atoms with Crippen LogP contribution in [-0.2, 0) is 9.53 Å². The van der Waals surface area contributed by atoms with Crippen molar-refractivity contribution in [1.29, 1.82) is 0 Å². The molecule has 86 valence electrons. The van der Waals surface area contributed by atoms with Crippen molar-refractivity contribution in [3.63, 3.8) is 0 Å². The van der Waals surface area contributed by atoms with E-state index in [0.29, 0.717) is 5.92 Å². The molecule has 2 nitrogen and oxygen atoms in total. The molecule has 0 aromatic rings. The highest BCUT2D eigenvalue weighted by Gasteiger charge is 2.35. The number of ether oxygens (including phenoxy) is 1. The summed E-state index contributed by atoms with van der Waals surface area (Å²) in [4.78, 5) is 11.6. The molecule has 1 rings (SSSR count). The molecule has 0 unspecified atom stereocenters. The molecule has 0 bridgehead atoms. The summed E-state index contributed by atoms with van der Waals surface area (Å²) in [7, 11) is 1.45. The van der Waals surface area contributed by atoms with Gasteiger partial charge in [0.25, 0.3) is 0 Å². The fraction of sp³-hybridized carbons (Fsp3) is 0.769. The van der Waals surface area contributed by atoms with E-state index < -0.39 is 0 Å². The summed E-state index contributed by atoms with van der Waals surface area (Å²) >= 11 is 0. The summed E-state index contributed by atoms with van der Waals surface area (Å²) in [5, 5.41) is 0. The molecule has 0 amide bonds. The van der Waals surface area contributed by atoms with Gasteiger partial charge in [-0.2, -0.15) is 0 Å². The van der Waals surface area contributed by atoms with Crippen molar-refractivity contribution in [3.8, 4) is 0 Å². The number of carbonyl (C=O) groups is 1. The molecule has 0 N–H and O–H groups in total. The predicted octanol–water partition coefficient (Wildman–Crippen LogP) is 3.18. The largest absolute Gasteiger partial charge is 0.469 e. The highest BCUT2D eigenvalue weighted by atomic mass is 16.5. The van der Waals surface area contributed by atoms with Gasteiger partial charge in [0, 0.05) is 0 Å². The first kappa shape index (κ1) is 12.3. The second kappa shape index (κ2) is 4.38. The lowest BCUT2D eigenvalue weighted by Gasteiger charge is -2.37. The van der Waals surface area contributed by atoms with Crippen molar-refractivity contribution in [2.45, 2.75) is 40.0 Å². The van der Waals surface area contributed by atoms with E-state index in [1.54, 1.807) is 0 Å². The first-order valence-electron chi connectivity index (χ1n) is 5.61. The average molecular weight is 210 g/mol. The molecule has 0 aromatic heterocycles. The lowest BCUT2D eigenvalue weighted by molar-refractivity contribution is -0.145. The molecule has 0 aliphatic heterocycles. The second-order valence-electron chi connectivity index (χ2n) is 5.57. The zero-order valence-corrected chi connectivity index (χ0v) is 10.3. The summed E-state index contributed by atoms with van der Waals surface area (Å²) in [5.41, 5.74) is 1.31. The maximum absolute atomic E-state index is 11.6. The van der Waals surface area contributed by atoms with Crippen molar-refractivity contribution in [3.05, 3.63) is 12.2 Å². The van der Waals surface area contributed by atoms with E-state index in [9.17, 15) is 4.79 Å². The SMILES string of the molecule is C=C1CC[C@@H](C(C)(C)C)C[C@@H]1C(=O)OC. The molecular formula is C13H22O2. The van der Waals surface area contributed by atoms with Crippen molar-refractivity contribution >= 4 is 5.97 Å². The van der Waals surface area contributed by atoms with Gasteiger partial charge in [0.1, 0.15) is 0 Å². The average Bonchev–Trinajstić information content (AvgIpc) is 2.15. The van der Waals surface area contributed by atoms with E-state index in [-0.39, 0.29) is 17.3 Å². The van der Waals surface area contributed by atoms with Crippen LogP contribution < -0.4 is 0 Å². The Kier molecular flexibility index (Phi) is 3.58. The number of hydrogen-bond donors (Lipinski definition) is 0. The fourth-order valence-electron chi connectivity index (χ4n) is 2.29. The number of hydrogen-bond acceptors (Lipinski definition) is 2. The molecule has 2 heteroatoms. The highest BCUT2D eigenvalue weighted by molar-refractivity contribution is 5.75. The van der Waals surface area contributed by atoms with Crippen molar-refractivity contribution in [2.24, 2.45) is 17.3 Å². The van der Waals surface area contributed by atoms with E-state index >= 15 is 0 Å². The lowest BCUT2D eigenvalue weighted by Crippen LogP contribution is -2.32. The van der Waals surface area contributed by atoms with E-state index in [2.05, 4.69) is 27.4 Å². The quantitative estimate of drug-likeness (QED) is 0.491. The summed E-state index contributed by atoms with van der Waals surface area (Å²) < 4.78 is 4.82. The molecule has 0 aromatic carbocycles. The van der Waals surface area contributed by atoms with Crippen molar-refractivity contribution in [1.82, 2.24) is 0 Å². The van der Waals surface area contributed by atoms with Gasteiger partial charge in [-0.05, 0) is 30.6 Å². The van der Waals surface area contributed by atoms with Crippen LogP contribution in [0.2, 0.25) is 0 Å². The molecule has 0 spiro atoms. The van der Waals surface area contributed by atoms with Crippen LogP contribution in [0.3, 0.4) is 0 Å². The van der Waals surface area contributed by atoms with E-state index in [4.69, 9.17) is 4.74 Å². The first-order valence-corrected chi connectivity index (χ1v) is 5.61. The summed E-state index contributed by atoms with van der Waals surface area (Å²) in [6.45, 7) is 10.7. The Balaban J connectivity index is 2.72. The fourth-order valence-corrected chi connectivity index (χ4v) is 2.29. The molecule has 1 saturated carbocycles. The van der Waals surface area contributed by atoms with Crippen LogP contribution in [0.15, 0.2) is 12.2 Å². The smallest absolute Gasteiger partial charge is 0.312 e.